The van der Waals surface area contributed by atoms with Gasteiger partial charge in [0.05, 0.1) is 22.4 Å². The average molecular weight is 281 g/mol. The SMILES string of the molecule is CCc1nc2ccccc2nc1/C=C/CCN1CCCC1. The van der Waals surface area contributed by atoms with Crippen LogP contribution in [0.15, 0.2) is 30.3 Å². The number of hydrogen-bond donors (Lipinski definition) is 0. The highest BCUT2D eigenvalue weighted by Gasteiger charge is 2.09. The van der Waals surface area contributed by atoms with Gasteiger partial charge in [0.1, 0.15) is 0 Å². The standard InChI is InChI=1S/C18H23N3/c1-2-15-16(11-5-6-12-21-13-7-8-14-21)20-18-10-4-3-9-17(18)19-15/h3-5,9-11H,2,6-8,12-14H2,1H3/b11-5+. The molecule has 1 aliphatic heterocycles. The Morgan fingerprint density at radius 1 is 1.10 bits per heavy atom. The summed E-state index contributed by atoms with van der Waals surface area (Å²) in [5.41, 5.74) is 4.08. The van der Waals surface area contributed by atoms with E-state index in [4.69, 9.17) is 9.97 Å². The van der Waals surface area contributed by atoms with Crippen LogP contribution in [-0.2, 0) is 6.42 Å². The zero-order valence-electron chi connectivity index (χ0n) is 12.8. The summed E-state index contributed by atoms with van der Waals surface area (Å²) in [4.78, 5) is 12.0. The van der Waals surface area contributed by atoms with Crippen molar-refractivity contribution in [2.75, 3.05) is 19.6 Å². The number of likely N-dealkylation sites (tertiary alicyclic amines) is 1. The summed E-state index contributed by atoms with van der Waals surface area (Å²) in [7, 11) is 0. The second-order valence-corrected chi connectivity index (χ2v) is 5.64. The monoisotopic (exact) mass is 281 g/mol. The number of aromatic nitrogens is 2. The predicted octanol–water partition coefficient (Wildman–Crippen LogP) is 3.69. The van der Waals surface area contributed by atoms with Crippen molar-refractivity contribution in [2.45, 2.75) is 32.6 Å². The first-order valence-electron chi connectivity index (χ1n) is 8.01. The molecule has 21 heavy (non-hydrogen) atoms. The van der Waals surface area contributed by atoms with Crippen LogP contribution in [0.1, 0.15) is 37.6 Å². The average Bonchev–Trinajstić information content (AvgIpc) is 3.04. The third-order valence-corrected chi connectivity index (χ3v) is 4.10. The van der Waals surface area contributed by atoms with Crippen LogP contribution in [0.5, 0.6) is 0 Å². The maximum absolute atomic E-state index is 4.75. The number of benzene rings is 1. The van der Waals surface area contributed by atoms with Gasteiger partial charge in [-0.15, -0.1) is 0 Å². The van der Waals surface area contributed by atoms with Gasteiger partial charge in [0.15, 0.2) is 0 Å². The van der Waals surface area contributed by atoms with Crippen molar-refractivity contribution in [1.29, 1.82) is 0 Å². The Morgan fingerprint density at radius 2 is 1.81 bits per heavy atom. The molecule has 3 nitrogen and oxygen atoms in total. The molecule has 0 saturated carbocycles. The number of hydrogen-bond acceptors (Lipinski definition) is 3. The first-order valence-corrected chi connectivity index (χ1v) is 8.01. The molecule has 1 aromatic carbocycles. The quantitative estimate of drug-likeness (QED) is 0.837. The van der Waals surface area contributed by atoms with Crippen LogP contribution in [0.25, 0.3) is 17.1 Å². The molecule has 3 rings (SSSR count). The molecule has 0 radical (unpaired) electrons. The first-order chi connectivity index (χ1) is 10.4. The highest BCUT2D eigenvalue weighted by Crippen LogP contribution is 2.15. The third-order valence-electron chi connectivity index (χ3n) is 4.10. The van der Waals surface area contributed by atoms with E-state index in [1.807, 2.05) is 24.3 Å². The summed E-state index contributed by atoms with van der Waals surface area (Å²) in [6.45, 7) is 5.84. The largest absolute Gasteiger partial charge is 0.303 e. The molecule has 1 fully saturated rings. The molecular formula is C18H23N3. The van der Waals surface area contributed by atoms with Crippen molar-refractivity contribution in [3.8, 4) is 0 Å². The van der Waals surface area contributed by atoms with Crippen LogP contribution in [0.2, 0.25) is 0 Å². The highest BCUT2D eigenvalue weighted by molar-refractivity contribution is 5.75. The lowest BCUT2D eigenvalue weighted by Crippen LogP contribution is -2.19. The number of aryl methyl sites for hydroxylation is 1. The Kier molecular flexibility index (Phi) is 4.61. The van der Waals surface area contributed by atoms with Crippen LogP contribution in [0, 0.1) is 0 Å². The van der Waals surface area contributed by atoms with Gasteiger partial charge in [0.2, 0.25) is 0 Å². The van der Waals surface area contributed by atoms with Gasteiger partial charge in [0.25, 0.3) is 0 Å². The van der Waals surface area contributed by atoms with E-state index in [1.165, 1.54) is 32.5 Å². The van der Waals surface area contributed by atoms with E-state index in [9.17, 15) is 0 Å². The van der Waals surface area contributed by atoms with E-state index in [0.717, 1.165) is 35.3 Å². The molecule has 3 heteroatoms. The predicted molar refractivity (Wildman–Crippen MR) is 88.2 cm³/mol. The molecule has 0 aliphatic carbocycles. The Bertz CT molecular complexity index is 627. The minimum Gasteiger partial charge on any atom is -0.303 e. The molecule has 0 unspecified atom stereocenters. The minimum atomic E-state index is 0.920. The zero-order chi connectivity index (χ0) is 14.5. The minimum absolute atomic E-state index is 0.920. The van der Waals surface area contributed by atoms with Crippen LogP contribution in [-0.4, -0.2) is 34.5 Å². The van der Waals surface area contributed by atoms with E-state index in [0.29, 0.717) is 0 Å². The zero-order valence-corrected chi connectivity index (χ0v) is 12.8. The lowest BCUT2D eigenvalue weighted by Gasteiger charge is -2.12. The molecule has 1 aliphatic rings. The molecule has 2 heterocycles. The molecule has 0 atom stereocenters. The Labute approximate surface area is 126 Å². The van der Waals surface area contributed by atoms with E-state index in [-0.39, 0.29) is 0 Å². The van der Waals surface area contributed by atoms with E-state index < -0.39 is 0 Å². The van der Waals surface area contributed by atoms with Gasteiger partial charge in [-0.3, -0.25) is 0 Å². The summed E-state index contributed by atoms with van der Waals surface area (Å²) in [5, 5.41) is 0. The first kappa shape index (κ1) is 14.2. The van der Waals surface area contributed by atoms with Crippen molar-refractivity contribution in [3.05, 3.63) is 41.7 Å². The Morgan fingerprint density at radius 3 is 2.52 bits per heavy atom. The number of para-hydroxylation sites is 2. The van der Waals surface area contributed by atoms with E-state index >= 15 is 0 Å². The Hall–Kier alpha value is -1.74. The normalized spacial score (nSPS) is 16.2. The fourth-order valence-corrected chi connectivity index (χ4v) is 2.90. The van der Waals surface area contributed by atoms with E-state index in [1.54, 1.807) is 0 Å². The van der Waals surface area contributed by atoms with Gasteiger partial charge in [-0.1, -0.05) is 25.1 Å². The van der Waals surface area contributed by atoms with Gasteiger partial charge in [-0.05, 0) is 57.0 Å². The van der Waals surface area contributed by atoms with Gasteiger partial charge >= 0.3 is 0 Å². The highest BCUT2D eigenvalue weighted by atomic mass is 15.1. The number of nitrogens with zero attached hydrogens (tertiary/aromatic N) is 3. The summed E-state index contributed by atoms with van der Waals surface area (Å²) in [6.07, 6.45) is 9.13. The fourth-order valence-electron chi connectivity index (χ4n) is 2.90. The summed E-state index contributed by atoms with van der Waals surface area (Å²) >= 11 is 0. The number of rotatable bonds is 5. The van der Waals surface area contributed by atoms with Crippen LogP contribution in [0.4, 0.5) is 0 Å². The molecule has 0 N–H and O–H groups in total. The van der Waals surface area contributed by atoms with Crippen molar-refractivity contribution < 1.29 is 0 Å². The maximum atomic E-state index is 4.75. The lowest BCUT2D eigenvalue weighted by atomic mass is 10.2. The molecule has 0 bridgehead atoms. The smallest absolute Gasteiger partial charge is 0.0894 e. The van der Waals surface area contributed by atoms with Crippen LogP contribution < -0.4 is 0 Å². The van der Waals surface area contributed by atoms with Crippen LogP contribution >= 0.6 is 0 Å². The third kappa shape index (κ3) is 3.48. The van der Waals surface area contributed by atoms with E-state index in [2.05, 4.69) is 24.0 Å². The van der Waals surface area contributed by atoms with Gasteiger partial charge in [-0.25, -0.2) is 9.97 Å². The Balaban J connectivity index is 1.72. The maximum Gasteiger partial charge on any atom is 0.0894 e. The second-order valence-electron chi connectivity index (χ2n) is 5.64. The molecule has 1 saturated heterocycles. The van der Waals surface area contributed by atoms with Gasteiger partial charge in [0, 0.05) is 6.54 Å². The van der Waals surface area contributed by atoms with Crippen molar-refractivity contribution in [3.63, 3.8) is 0 Å². The number of fused-ring (bicyclic) bond motifs is 1. The van der Waals surface area contributed by atoms with Crippen molar-refractivity contribution in [1.82, 2.24) is 14.9 Å². The van der Waals surface area contributed by atoms with Gasteiger partial charge < -0.3 is 4.90 Å². The second kappa shape index (κ2) is 6.81. The lowest BCUT2D eigenvalue weighted by molar-refractivity contribution is 0.346. The molecular weight excluding hydrogens is 258 g/mol. The van der Waals surface area contributed by atoms with Crippen molar-refractivity contribution >= 4 is 17.1 Å². The summed E-state index contributed by atoms with van der Waals surface area (Å²) in [5.74, 6) is 0. The van der Waals surface area contributed by atoms with Crippen LogP contribution in [0.3, 0.4) is 0 Å². The summed E-state index contributed by atoms with van der Waals surface area (Å²) in [6, 6.07) is 8.09. The molecule has 0 spiro atoms. The topological polar surface area (TPSA) is 29.0 Å². The summed E-state index contributed by atoms with van der Waals surface area (Å²) < 4.78 is 0. The van der Waals surface area contributed by atoms with Crippen molar-refractivity contribution in [2.24, 2.45) is 0 Å². The molecule has 110 valence electrons. The molecule has 1 aromatic heterocycles. The van der Waals surface area contributed by atoms with Gasteiger partial charge in [-0.2, -0.15) is 0 Å². The fraction of sp³-hybridized carbons (Fsp3) is 0.444. The molecule has 2 aromatic rings. The molecule has 0 amide bonds.